The summed E-state index contributed by atoms with van der Waals surface area (Å²) in [6.45, 7) is 4.44. The largest absolute Gasteiger partial charge is 0.462 e. The van der Waals surface area contributed by atoms with E-state index >= 15 is 0 Å². The van der Waals surface area contributed by atoms with E-state index in [2.05, 4.69) is 13.8 Å². The van der Waals surface area contributed by atoms with Crippen LogP contribution >= 0.6 is 0 Å². The average Bonchev–Trinajstić information content (AvgIpc) is 2.02. The maximum absolute atomic E-state index is 11.2. The zero-order valence-corrected chi connectivity index (χ0v) is 8.45. The van der Waals surface area contributed by atoms with Gasteiger partial charge >= 0.3 is 5.97 Å². The van der Waals surface area contributed by atoms with Crippen LogP contribution < -0.4 is 0 Å². The van der Waals surface area contributed by atoms with Gasteiger partial charge in [0.25, 0.3) is 0 Å². The summed E-state index contributed by atoms with van der Waals surface area (Å²) in [6.07, 6.45) is 4.51. The van der Waals surface area contributed by atoms with Crippen LogP contribution in [0, 0.1) is 17.8 Å². The molecule has 1 saturated heterocycles. The number of ether oxygens (including phenoxy) is 1. The quantitative estimate of drug-likeness (QED) is 0.538. The van der Waals surface area contributed by atoms with Gasteiger partial charge in [0, 0.05) is 6.42 Å². The van der Waals surface area contributed by atoms with E-state index in [-0.39, 0.29) is 12.1 Å². The maximum atomic E-state index is 11.2. The molecule has 1 aliphatic carbocycles. The van der Waals surface area contributed by atoms with Crippen LogP contribution in [0.5, 0.6) is 0 Å². The molecular weight excluding hydrogens is 164 g/mol. The van der Waals surface area contributed by atoms with E-state index in [0.29, 0.717) is 18.3 Å². The Morgan fingerprint density at radius 2 is 2.08 bits per heavy atom. The van der Waals surface area contributed by atoms with Crippen LogP contribution in [0.15, 0.2) is 0 Å². The minimum Gasteiger partial charge on any atom is -0.462 e. The van der Waals surface area contributed by atoms with Crippen molar-refractivity contribution >= 4 is 5.97 Å². The molecule has 2 aliphatic rings. The highest BCUT2D eigenvalue weighted by Crippen LogP contribution is 2.39. The molecule has 2 heteroatoms. The highest BCUT2D eigenvalue weighted by atomic mass is 16.5. The summed E-state index contributed by atoms with van der Waals surface area (Å²) in [5, 5.41) is 0. The third kappa shape index (κ3) is 1.72. The van der Waals surface area contributed by atoms with Crippen molar-refractivity contribution < 1.29 is 9.53 Å². The molecule has 2 rings (SSSR count). The summed E-state index contributed by atoms with van der Waals surface area (Å²) in [5.74, 6) is 1.94. The van der Waals surface area contributed by atoms with Gasteiger partial charge in [-0.1, -0.05) is 20.3 Å². The molecule has 0 radical (unpaired) electrons. The van der Waals surface area contributed by atoms with E-state index in [9.17, 15) is 4.79 Å². The van der Waals surface area contributed by atoms with Crippen LogP contribution in [-0.4, -0.2) is 12.1 Å². The van der Waals surface area contributed by atoms with Gasteiger partial charge in [-0.05, 0) is 30.6 Å². The zero-order valence-electron chi connectivity index (χ0n) is 8.45. The molecule has 0 aromatic carbocycles. The van der Waals surface area contributed by atoms with E-state index in [1.54, 1.807) is 0 Å². The van der Waals surface area contributed by atoms with E-state index in [1.165, 1.54) is 12.8 Å². The molecule has 4 atom stereocenters. The third-order valence-electron chi connectivity index (χ3n) is 3.61. The Morgan fingerprint density at radius 1 is 1.31 bits per heavy atom. The first-order valence-corrected chi connectivity index (χ1v) is 5.36. The Hall–Kier alpha value is -0.530. The molecule has 1 heterocycles. The molecule has 1 saturated carbocycles. The maximum Gasteiger partial charge on any atom is 0.306 e. The second-order valence-corrected chi connectivity index (χ2v) is 4.79. The second-order valence-electron chi connectivity index (χ2n) is 4.79. The molecule has 0 bridgehead atoms. The smallest absolute Gasteiger partial charge is 0.306 e. The van der Waals surface area contributed by atoms with Crippen LogP contribution in [-0.2, 0) is 9.53 Å². The second kappa shape index (κ2) is 3.32. The Bertz CT molecular complexity index is 212. The summed E-state index contributed by atoms with van der Waals surface area (Å²) in [5.41, 5.74) is 0. The first-order valence-electron chi connectivity index (χ1n) is 5.36. The number of carbonyl (C=O) groups is 1. The molecule has 2 fully saturated rings. The first kappa shape index (κ1) is 9.04. The molecular formula is C11H18O2. The van der Waals surface area contributed by atoms with Crippen LogP contribution in [0.4, 0.5) is 0 Å². The fourth-order valence-corrected chi connectivity index (χ4v) is 2.77. The number of hydrogen-bond donors (Lipinski definition) is 0. The lowest BCUT2D eigenvalue weighted by atomic mass is 9.72. The van der Waals surface area contributed by atoms with Crippen molar-refractivity contribution in [2.45, 2.75) is 45.6 Å². The lowest BCUT2D eigenvalue weighted by Crippen LogP contribution is -2.41. The normalized spacial score (nSPS) is 45.2. The first-order chi connectivity index (χ1) is 6.16. The van der Waals surface area contributed by atoms with Crippen LogP contribution in [0.1, 0.15) is 39.5 Å². The van der Waals surface area contributed by atoms with E-state index in [0.717, 1.165) is 12.3 Å². The molecule has 0 N–H and O–H groups in total. The van der Waals surface area contributed by atoms with Gasteiger partial charge in [-0.25, -0.2) is 0 Å². The standard InChI is InChI=1S/C11H18O2/c1-7-3-4-9-8(2)6-11(12)13-10(9)5-7/h7-10H,3-6H2,1-2H3/t7-,8?,9+,10+/m0/s1. The van der Waals surface area contributed by atoms with Gasteiger partial charge in [0.1, 0.15) is 6.10 Å². The fourth-order valence-electron chi connectivity index (χ4n) is 2.77. The predicted molar refractivity (Wildman–Crippen MR) is 50.2 cm³/mol. The molecule has 0 aromatic rings. The Balaban J connectivity index is 2.06. The van der Waals surface area contributed by atoms with Gasteiger partial charge in [0.15, 0.2) is 0 Å². The van der Waals surface area contributed by atoms with Crippen molar-refractivity contribution in [2.24, 2.45) is 17.8 Å². The number of carbonyl (C=O) groups excluding carboxylic acids is 1. The average molecular weight is 182 g/mol. The van der Waals surface area contributed by atoms with Crippen molar-refractivity contribution in [3.8, 4) is 0 Å². The molecule has 0 amide bonds. The molecule has 2 nitrogen and oxygen atoms in total. The Morgan fingerprint density at radius 3 is 2.85 bits per heavy atom. The van der Waals surface area contributed by atoms with Gasteiger partial charge in [0.2, 0.25) is 0 Å². The number of fused-ring (bicyclic) bond motifs is 1. The fraction of sp³-hybridized carbons (Fsp3) is 0.909. The molecule has 74 valence electrons. The number of hydrogen-bond acceptors (Lipinski definition) is 2. The summed E-state index contributed by atoms with van der Waals surface area (Å²) in [4.78, 5) is 11.2. The van der Waals surface area contributed by atoms with Crippen molar-refractivity contribution in [2.75, 3.05) is 0 Å². The van der Waals surface area contributed by atoms with Gasteiger partial charge in [0.05, 0.1) is 0 Å². The summed E-state index contributed by atoms with van der Waals surface area (Å²) in [7, 11) is 0. The van der Waals surface area contributed by atoms with Crippen molar-refractivity contribution in [1.29, 1.82) is 0 Å². The number of rotatable bonds is 0. The molecule has 0 aromatic heterocycles. The Labute approximate surface area is 79.7 Å². The van der Waals surface area contributed by atoms with Gasteiger partial charge in [-0.2, -0.15) is 0 Å². The van der Waals surface area contributed by atoms with Crippen LogP contribution in [0.2, 0.25) is 0 Å². The predicted octanol–water partition coefficient (Wildman–Crippen LogP) is 2.37. The summed E-state index contributed by atoms with van der Waals surface area (Å²) in [6, 6.07) is 0. The monoisotopic (exact) mass is 182 g/mol. The SMILES string of the molecule is CC1CC(=O)O[C@@H]2C[C@@H](C)CC[C@H]12. The zero-order chi connectivity index (χ0) is 9.42. The molecule has 1 unspecified atom stereocenters. The van der Waals surface area contributed by atoms with Gasteiger partial charge in [-0.15, -0.1) is 0 Å². The van der Waals surface area contributed by atoms with Crippen LogP contribution in [0.25, 0.3) is 0 Å². The highest BCUT2D eigenvalue weighted by Gasteiger charge is 2.39. The topological polar surface area (TPSA) is 26.3 Å². The van der Waals surface area contributed by atoms with E-state index in [4.69, 9.17) is 4.74 Å². The molecule has 0 spiro atoms. The summed E-state index contributed by atoms with van der Waals surface area (Å²) < 4.78 is 5.39. The van der Waals surface area contributed by atoms with E-state index in [1.807, 2.05) is 0 Å². The summed E-state index contributed by atoms with van der Waals surface area (Å²) >= 11 is 0. The Kier molecular flexibility index (Phi) is 2.31. The lowest BCUT2D eigenvalue weighted by Gasteiger charge is -2.41. The third-order valence-corrected chi connectivity index (χ3v) is 3.61. The van der Waals surface area contributed by atoms with Crippen molar-refractivity contribution in [1.82, 2.24) is 0 Å². The lowest BCUT2D eigenvalue weighted by molar-refractivity contribution is -0.166. The van der Waals surface area contributed by atoms with Crippen LogP contribution in [0.3, 0.4) is 0 Å². The number of esters is 1. The minimum absolute atomic E-state index is 0.0165. The minimum atomic E-state index is 0.0165. The van der Waals surface area contributed by atoms with Crippen molar-refractivity contribution in [3.05, 3.63) is 0 Å². The van der Waals surface area contributed by atoms with Crippen molar-refractivity contribution in [3.63, 3.8) is 0 Å². The van der Waals surface area contributed by atoms with E-state index < -0.39 is 0 Å². The highest BCUT2D eigenvalue weighted by molar-refractivity contribution is 5.70. The van der Waals surface area contributed by atoms with Gasteiger partial charge < -0.3 is 4.74 Å². The molecule has 1 aliphatic heterocycles. The van der Waals surface area contributed by atoms with Gasteiger partial charge in [-0.3, -0.25) is 4.79 Å². The molecule has 13 heavy (non-hydrogen) atoms.